The lowest BCUT2D eigenvalue weighted by Crippen LogP contribution is -2.51. The highest BCUT2D eigenvalue weighted by Crippen LogP contribution is 2.34. The maximum atomic E-state index is 13.5. The summed E-state index contributed by atoms with van der Waals surface area (Å²) in [5, 5.41) is 5.25. The van der Waals surface area contributed by atoms with E-state index in [9.17, 15) is 19.2 Å². The molecule has 0 spiro atoms. The number of carbonyl (C=O) groups is 4. The first-order chi connectivity index (χ1) is 26.1. The number of carbonyl (C=O) groups excluding carboxylic acids is 4. The number of likely N-dealkylation sites (tertiary alicyclic amines) is 2. The van der Waals surface area contributed by atoms with Crippen molar-refractivity contribution < 1.29 is 33.4 Å². The number of ether oxygens (including phenoxy) is 3. The van der Waals surface area contributed by atoms with Crippen LogP contribution in [-0.2, 0) is 23.8 Å². The summed E-state index contributed by atoms with van der Waals surface area (Å²) in [6.07, 6.45) is 3.58. The van der Waals surface area contributed by atoms with Crippen molar-refractivity contribution in [3.63, 3.8) is 0 Å². The van der Waals surface area contributed by atoms with Gasteiger partial charge in [0.15, 0.2) is 0 Å². The van der Waals surface area contributed by atoms with Gasteiger partial charge in [-0.3, -0.25) is 9.59 Å². The van der Waals surface area contributed by atoms with Crippen LogP contribution >= 0.6 is 0 Å². The van der Waals surface area contributed by atoms with Gasteiger partial charge in [-0.15, -0.1) is 0 Å². The quantitative estimate of drug-likeness (QED) is 0.171. The van der Waals surface area contributed by atoms with Crippen molar-refractivity contribution in [1.29, 1.82) is 0 Å². The predicted octanol–water partition coefficient (Wildman–Crippen LogP) is 4.43. The van der Waals surface area contributed by atoms with E-state index in [0.29, 0.717) is 24.7 Å². The van der Waals surface area contributed by atoms with Crippen LogP contribution in [0, 0.1) is 17.8 Å². The average molecular weight is 739 g/mol. The highest BCUT2D eigenvalue weighted by Gasteiger charge is 2.38. The number of aromatic amines is 2. The molecule has 0 aliphatic carbocycles. The van der Waals surface area contributed by atoms with Crippen LogP contribution in [0.4, 0.5) is 9.59 Å². The Bertz CT molecular complexity index is 2050. The van der Waals surface area contributed by atoms with Gasteiger partial charge in [0, 0.05) is 31.3 Å². The molecule has 54 heavy (non-hydrogen) atoms. The fraction of sp³-hybridized carbons (Fsp3) is 0.436. The van der Waals surface area contributed by atoms with Crippen LogP contribution in [0.25, 0.3) is 22.3 Å². The molecule has 2 aromatic carbocycles. The Morgan fingerprint density at radius 3 is 2.13 bits per heavy atom. The maximum Gasteiger partial charge on any atom is 0.407 e. The molecule has 0 unspecified atom stereocenters. The molecule has 0 bridgehead atoms. The van der Waals surface area contributed by atoms with Gasteiger partial charge in [-0.1, -0.05) is 37.8 Å². The molecule has 4 amide bonds. The molecule has 2 aliphatic rings. The summed E-state index contributed by atoms with van der Waals surface area (Å²) >= 11 is 0. The molecule has 6 rings (SSSR count). The second kappa shape index (κ2) is 16.9. The number of methoxy groups -OCH3 is 3. The van der Waals surface area contributed by atoms with Gasteiger partial charge in [0.05, 0.1) is 55.8 Å². The normalized spacial score (nSPS) is 17.9. The van der Waals surface area contributed by atoms with Crippen LogP contribution in [0.2, 0.25) is 0 Å². The van der Waals surface area contributed by atoms with Crippen molar-refractivity contribution in [1.82, 2.24) is 40.4 Å². The van der Waals surface area contributed by atoms with E-state index in [0.717, 1.165) is 59.1 Å². The van der Waals surface area contributed by atoms with Gasteiger partial charge < -0.3 is 44.6 Å². The minimum atomic E-state index is -0.869. The molecule has 4 atom stereocenters. The predicted molar refractivity (Wildman–Crippen MR) is 199 cm³/mol. The molecule has 284 valence electrons. The minimum absolute atomic E-state index is 0.0239. The topological polar surface area (TPSA) is 184 Å². The van der Waals surface area contributed by atoms with E-state index in [1.165, 1.54) is 21.3 Å². The Balaban J connectivity index is 1.12. The number of nitrogens with one attached hydrogen (secondary N) is 4. The Morgan fingerprint density at radius 1 is 0.833 bits per heavy atom. The first kappa shape index (κ1) is 37.9. The number of aromatic nitrogens is 4. The second-order valence-corrected chi connectivity index (χ2v) is 13.7. The fourth-order valence-corrected chi connectivity index (χ4v) is 7.05. The number of amides is 4. The second-order valence-electron chi connectivity index (χ2n) is 13.7. The summed E-state index contributed by atoms with van der Waals surface area (Å²) in [5.74, 6) is 7.34. The number of alkyl carbamates (subject to hydrolysis) is 2. The third-order valence-electron chi connectivity index (χ3n) is 9.85. The third-order valence-corrected chi connectivity index (χ3v) is 9.85. The van der Waals surface area contributed by atoms with Crippen molar-refractivity contribution in [3.05, 3.63) is 71.4 Å². The monoisotopic (exact) mass is 738 g/mol. The molecule has 4 heterocycles. The largest absolute Gasteiger partial charge is 0.453 e. The van der Waals surface area contributed by atoms with E-state index in [1.54, 1.807) is 16.0 Å². The number of nitrogens with zero attached hydrogens (tertiary/aromatic N) is 4. The summed E-state index contributed by atoms with van der Waals surface area (Å²) in [6.45, 7) is 4.93. The van der Waals surface area contributed by atoms with Crippen LogP contribution in [0.3, 0.4) is 0 Å². The van der Waals surface area contributed by atoms with E-state index in [-0.39, 0.29) is 36.4 Å². The van der Waals surface area contributed by atoms with Gasteiger partial charge in [-0.25, -0.2) is 19.6 Å². The van der Waals surface area contributed by atoms with Crippen LogP contribution < -0.4 is 10.6 Å². The molecular formula is C39H46N8O7. The molecular weight excluding hydrogens is 692 g/mol. The van der Waals surface area contributed by atoms with Gasteiger partial charge in [0.1, 0.15) is 23.7 Å². The average Bonchev–Trinajstić information content (AvgIpc) is 4.01. The van der Waals surface area contributed by atoms with Crippen LogP contribution in [-0.4, -0.2) is 107 Å². The Labute approximate surface area is 313 Å². The minimum Gasteiger partial charge on any atom is -0.453 e. The number of H-pyrrole nitrogens is 2. The fourth-order valence-electron chi connectivity index (χ4n) is 7.05. The SMILES string of the molecule is COC[C@H](NC(=O)OC)C(=O)N1CCC[C@H]1c1ncc(-c2ccc(C#Cc3ccc4nc([C@@H]5CCCN5C(=O)[C@@H](NC(=O)OC)C(C)C)[nH]c4c3)cc2)[nH]1. The standard InChI is InChI=1S/C39H46N8O7/c1-23(2)33(45-39(51)54-5)37(49)47-19-7-9-32(47)35-41-27-17-14-25(20-28(27)42-35)11-10-24-12-15-26(16-13-24)29-21-40-34(43-29)31-8-6-18-46(31)36(48)30(22-52-3)44-38(50)53-4/h12-17,20-21,23,30-33H,6-9,18-19,22H2,1-5H3,(H,40,43)(H,41,42)(H,44,50)(H,45,51)/t30-,31-,32-,33-/m0/s1. The van der Waals surface area contributed by atoms with Crippen molar-refractivity contribution in [2.45, 2.75) is 63.7 Å². The van der Waals surface area contributed by atoms with E-state index >= 15 is 0 Å². The highest BCUT2D eigenvalue weighted by atomic mass is 16.5. The molecule has 2 saturated heterocycles. The third kappa shape index (κ3) is 8.34. The number of imidazole rings is 2. The van der Waals surface area contributed by atoms with Crippen LogP contribution in [0.15, 0.2) is 48.7 Å². The Hall–Kier alpha value is -5.88. The van der Waals surface area contributed by atoms with E-state index in [4.69, 9.17) is 14.5 Å². The van der Waals surface area contributed by atoms with E-state index < -0.39 is 24.3 Å². The zero-order valence-corrected chi connectivity index (χ0v) is 31.1. The zero-order valence-electron chi connectivity index (χ0n) is 31.1. The summed E-state index contributed by atoms with van der Waals surface area (Å²) in [4.78, 5) is 70.4. The van der Waals surface area contributed by atoms with E-state index in [1.807, 2.05) is 56.3 Å². The van der Waals surface area contributed by atoms with Crippen LogP contribution in [0.5, 0.6) is 0 Å². The molecule has 0 radical (unpaired) electrons. The molecule has 15 nitrogen and oxygen atoms in total. The molecule has 4 aromatic rings. The molecule has 2 aromatic heterocycles. The van der Waals surface area contributed by atoms with Gasteiger partial charge >= 0.3 is 12.2 Å². The summed E-state index contributed by atoms with van der Waals surface area (Å²) in [6, 6.07) is 11.6. The first-order valence-electron chi connectivity index (χ1n) is 18.1. The van der Waals surface area contributed by atoms with Gasteiger partial charge in [0.25, 0.3) is 0 Å². The number of hydrogen-bond acceptors (Lipinski definition) is 9. The molecule has 0 saturated carbocycles. The van der Waals surface area contributed by atoms with Gasteiger partial charge in [-0.2, -0.15) is 0 Å². The molecule has 2 aliphatic heterocycles. The van der Waals surface area contributed by atoms with Crippen LogP contribution in [0.1, 0.15) is 74.4 Å². The number of benzene rings is 2. The lowest BCUT2D eigenvalue weighted by Gasteiger charge is -2.29. The molecule has 2 fully saturated rings. The van der Waals surface area contributed by atoms with Crippen molar-refractivity contribution >= 4 is 35.0 Å². The number of fused-ring (bicyclic) bond motifs is 1. The lowest BCUT2D eigenvalue weighted by atomic mass is 10.0. The zero-order chi connectivity index (χ0) is 38.4. The highest BCUT2D eigenvalue weighted by molar-refractivity contribution is 5.87. The maximum absolute atomic E-state index is 13.5. The smallest absolute Gasteiger partial charge is 0.407 e. The van der Waals surface area contributed by atoms with E-state index in [2.05, 4.69) is 42.2 Å². The van der Waals surface area contributed by atoms with Crippen molar-refractivity contribution in [2.75, 3.05) is 41.0 Å². The molecule has 15 heteroatoms. The number of rotatable bonds is 10. The summed E-state index contributed by atoms with van der Waals surface area (Å²) in [5.41, 5.74) is 4.99. The first-order valence-corrected chi connectivity index (χ1v) is 18.1. The molecule has 4 N–H and O–H groups in total. The van der Waals surface area contributed by atoms with Crippen molar-refractivity contribution in [3.8, 4) is 23.1 Å². The number of hydrogen-bond donors (Lipinski definition) is 4. The summed E-state index contributed by atoms with van der Waals surface area (Å²) in [7, 11) is 4.00. The Morgan fingerprint density at radius 2 is 1.46 bits per heavy atom. The van der Waals surface area contributed by atoms with Gasteiger partial charge in [-0.05, 0) is 67.5 Å². The Kier molecular flexibility index (Phi) is 11.8. The van der Waals surface area contributed by atoms with Crippen molar-refractivity contribution in [2.24, 2.45) is 5.92 Å². The van der Waals surface area contributed by atoms with Gasteiger partial charge in [0.2, 0.25) is 11.8 Å². The lowest BCUT2D eigenvalue weighted by molar-refractivity contribution is -0.136. The summed E-state index contributed by atoms with van der Waals surface area (Å²) < 4.78 is 14.6.